The lowest BCUT2D eigenvalue weighted by Gasteiger charge is -2.11. The molecule has 0 atom stereocenters. The molecule has 0 fully saturated rings. The Labute approximate surface area is 200 Å². The molecule has 35 heavy (non-hydrogen) atoms. The fraction of sp³-hybridized carbons (Fsp3) is 0.154. The van der Waals surface area contributed by atoms with Crippen molar-refractivity contribution in [2.24, 2.45) is 0 Å². The van der Waals surface area contributed by atoms with Crippen LogP contribution in [-0.2, 0) is 4.79 Å². The Balaban J connectivity index is 1.59. The first-order chi connectivity index (χ1) is 16.9. The number of pyridine rings is 3. The van der Waals surface area contributed by atoms with Crippen molar-refractivity contribution in [3.8, 4) is 22.7 Å². The second kappa shape index (κ2) is 9.03. The maximum atomic E-state index is 13.0. The van der Waals surface area contributed by atoms with Crippen molar-refractivity contribution >= 4 is 33.8 Å². The summed E-state index contributed by atoms with van der Waals surface area (Å²) in [6.45, 7) is 0.278. The van der Waals surface area contributed by atoms with Crippen LogP contribution in [0.25, 0.3) is 39.0 Å². The average Bonchev–Trinajstić information content (AvgIpc) is 3.22. The molecule has 0 unspecified atom stereocenters. The van der Waals surface area contributed by atoms with Gasteiger partial charge in [0, 0.05) is 47.0 Å². The Kier molecular flexibility index (Phi) is 5.76. The second-order valence-electron chi connectivity index (χ2n) is 8.32. The number of nitrogens with one attached hydrogen (secondary N) is 1. The number of anilines is 1. The predicted octanol–water partition coefficient (Wildman–Crippen LogP) is 3.70. The second-order valence-corrected chi connectivity index (χ2v) is 8.32. The van der Waals surface area contributed by atoms with Crippen LogP contribution in [0, 0.1) is 0 Å². The summed E-state index contributed by atoms with van der Waals surface area (Å²) in [5.41, 5.74) is 4.36. The van der Waals surface area contributed by atoms with E-state index in [2.05, 4.69) is 15.3 Å². The third-order valence-electron chi connectivity index (χ3n) is 5.52. The van der Waals surface area contributed by atoms with Gasteiger partial charge in [0.15, 0.2) is 5.58 Å². The largest absolute Gasteiger partial charge is 0.481 e. The van der Waals surface area contributed by atoms with Crippen molar-refractivity contribution in [1.29, 1.82) is 0 Å². The number of amides is 1. The van der Waals surface area contributed by atoms with Crippen LogP contribution in [0.2, 0.25) is 0 Å². The van der Waals surface area contributed by atoms with E-state index < -0.39 is 0 Å². The smallest absolute Gasteiger partial charge is 0.255 e. The van der Waals surface area contributed by atoms with E-state index in [4.69, 9.17) is 9.15 Å². The molecule has 9 heteroatoms. The van der Waals surface area contributed by atoms with Crippen LogP contribution in [0.15, 0.2) is 76.2 Å². The molecule has 1 N–H and O–H groups in total. The summed E-state index contributed by atoms with van der Waals surface area (Å²) < 4.78 is 12.7. The molecule has 9 nitrogen and oxygen atoms in total. The summed E-state index contributed by atoms with van der Waals surface area (Å²) in [4.78, 5) is 35.6. The quantitative estimate of drug-likeness (QED) is 0.404. The molecule has 4 aromatic heterocycles. The lowest BCUT2D eigenvalue weighted by atomic mass is 10.1. The van der Waals surface area contributed by atoms with Gasteiger partial charge in [0.05, 0.1) is 19.0 Å². The first kappa shape index (κ1) is 22.3. The Bertz CT molecular complexity index is 1590. The third-order valence-corrected chi connectivity index (χ3v) is 5.52. The monoisotopic (exact) mass is 469 g/mol. The Morgan fingerprint density at radius 1 is 1.03 bits per heavy atom. The molecule has 0 spiro atoms. The van der Waals surface area contributed by atoms with Gasteiger partial charge in [0.1, 0.15) is 5.52 Å². The molecule has 5 aromatic rings. The number of furan rings is 1. The van der Waals surface area contributed by atoms with Gasteiger partial charge in [-0.15, -0.1) is 0 Å². The van der Waals surface area contributed by atoms with Gasteiger partial charge < -0.3 is 19.4 Å². The summed E-state index contributed by atoms with van der Waals surface area (Å²) >= 11 is 0. The standard InChI is InChI=1S/C26H23N5O4/c1-30(2)15-22(32)29-18-5-7-19(8-6-18)31-24(33)11-9-21-25(31)20-12-17(14-28-26(20)35-21)16-4-10-23(34-3)27-13-16/h4-14H,15H2,1-3H3,(H,29,32). The molecule has 0 saturated heterocycles. The van der Waals surface area contributed by atoms with Crippen LogP contribution in [0.1, 0.15) is 0 Å². The van der Waals surface area contributed by atoms with Crippen molar-refractivity contribution in [2.75, 3.05) is 33.1 Å². The predicted molar refractivity (Wildman–Crippen MR) is 134 cm³/mol. The molecule has 0 bridgehead atoms. The van der Waals surface area contributed by atoms with Crippen LogP contribution in [0.4, 0.5) is 5.69 Å². The molecule has 1 amide bonds. The summed E-state index contributed by atoms with van der Waals surface area (Å²) in [6.07, 6.45) is 3.42. The minimum atomic E-state index is -0.207. The Morgan fingerprint density at radius 2 is 1.80 bits per heavy atom. The maximum absolute atomic E-state index is 13.0. The van der Waals surface area contributed by atoms with E-state index in [1.165, 1.54) is 6.07 Å². The highest BCUT2D eigenvalue weighted by molar-refractivity contribution is 6.03. The molecule has 0 aliphatic heterocycles. The zero-order valence-electron chi connectivity index (χ0n) is 19.5. The lowest BCUT2D eigenvalue weighted by Crippen LogP contribution is -2.27. The number of carbonyl (C=O) groups is 1. The summed E-state index contributed by atoms with van der Waals surface area (Å²) in [7, 11) is 5.23. The number of carbonyl (C=O) groups excluding carboxylic acids is 1. The minimum Gasteiger partial charge on any atom is -0.481 e. The van der Waals surface area contributed by atoms with Crippen molar-refractivity contribution < 1.29 is 13.9 Å². The normalized spacial score (nSPS) is 11.3. The molecular weight excluding hydrogens is 446 g/mol. The molecule has 5 rings (SSSR count). The zero-order valence-corrected chi connectivity index (χ0v) is 19.5. The van der Waals surface area contributed by atoms with Crippen molar-refractivity contribution in [3.05, 3.63) is 77.3 Å². The molecular formula is C26H23N5O4. The van der Waals surface area contributed by atoms with E-state index in [9.17, 15) is 9.59 Å². The van der Waals surface area contributed by atoms with Gasteiger partial charge in [-0.25, -0.2) is 9.97 Å². The highest BCUT2D eigenvalue weighted by Gasteiger charge is 2.16. The van der Waals surface area contributed by atoms with Crippen molar-refractivity contribution in [1.82, 2.24) is 19.4 Å². The number of aromatic nitrogens is 3. The maximum Gasteiger partial charge on any atom is 0.255 e. The van der Waals surface area contributed by atoms with Gasteiger partial charge in [-0.2, -0.15) is 0 Å². The highest BCUT2D eigenvalue weighted by atomic mass is 16.5. The topological polar surface area (TPSA) is 102 Å². The van der Waals surface area contributed by atoms with E-state index in [0.717, 1.165) is 11.1 Å². The van der Waals surface area contributed by atoms with Crippen LogP contribution < -0.4 is 15.6 Å². The van der Waals surface area contributed by atoms with Crippen LogP contribution in [0.3, 0.4) is 0 Å². The summed E-state index contributed by atoms with van der Waals surface area (Å²) in [5, 5.41) is 3.55. The third kappa shape index (κ3) is 4.36. The lowest BCUT2D eigenvalue weighted by molar-refractivity contribution is -0.116. The molecule has 0 aliphatic rings. The Hall–Kier alpha value is -4.50. The first-order valence-electron chi connectivity index (χ1n) is 10.9. The molecule has 176 valence electrons. The summed E-state index contributed by atoms with van der Waals surface area (Å²) in [5.74, 6) is 0.404. The fourth-order valence-corrected chi connectivity index (χ4v) is 3.93. The van der Waals surface area contributed by atoms with Gasteiger partial charge in [-0.1, -0.05) is 0 Å². The van der Waals surface area contributed by atoms with E-state index in [1.54, 1.807) is 65.4 Å². The van der Waals surface area contributed by atoms with Gasteiger partial charge in [0.2, 0.25) is 17.5 Å². The van der Waals surface area contributed by atoms with Gasteiger partial charge in [-0.3, -0.25) is 14.2 Å². The molecule has 0 radical (unpaired) electrons. The van der Waals surface area contributed by atoms with E-state index in [1.807, 2.05) is 26.2 Å². The van der Waals surface area contributed by atoms with E-state index >= 15 is 0 Å². The molecule has 0 saturated carbocycles. The molecule has 4 heterocycles. The van der Waals surface area contributed by atoms with E-state index in [0.29, 0.717) is 39.5 Å². The van der Waals surface area contributed by atoms with Crippen LogP contribution >= 0.6 is 0 Å². The number of methoxy groups -OCH3 is 1. The SMILES string of the molecule is COc1ccc(-c2cnc3oc4ccc(=O)n(-c5ccc(NC(=O)CN(C)C)cc5)c4c3c2)cn1. The van der Waals surface area contributed by atoms with Crippen LogP contribution in [0.5, 0.6) is 5.88 Å². The first-order valence-corrected chi connectivity index (χ1v) is 10.9. The number of likely N-dealkylation sites (N-methyl/N-ethyl adjacent to an activating group) is 1. The van der Waals surface area contributed by atoms with Crippen molar-refractivity contribution in [2.45, 2.75) is 0 Å². The van der Waals surface area contributed by atoms with Crippen molar-refractivity contribution in [3.63, 3.8) is 0 Å². The molecule has 1 aromatic carbocycles. The number of hydrogen-bond acceptors (Lipinski definition) is 7. The number of rotatable bonds is 6. The fourth-order valence-electron chi connectivity index (χ4n) is 3.93. The minimum absolute atomic E-state index is 0.116. The number of hydrogen-bond donors (Lipinski definition) is 1. The van der Waals surface area contributed by atoms with Gasteiger partial charge in [-0.05, 0) is 56.6 Å². The molecule has 0 aliphatic carbocycles. The van der Waals surface area contributed by atoms with Gasteiger partial charge in [0.25, 0.3) is 5.56 Å². The zero-order chi connectivity index (χ0) is 24.5. The summed E-state index contributed by atoms with van der Waals surface area (Å²) in [6, 6.07) is 15.8. The number of benzene rings is 1. The van der Waals surface area contributed by atoms with Gasteiger partial charge >= 0.3 is 0 Å². The van der Waals surface area contributed by atoms with E-state index in [-0.39, 0.29) is 18.0 Å². The number of nitrogens with zero attached hydrogens (tertiary/aromatic N) is 4. The Morgan fingerprint density at radius 3 is 2.49 bits per heavy atom. The average molecular weight is 470 g/mol. The highest BCUT2D eigenvalue weighted by Crippen LogP contribution is 2.31. The number of ether oxygens (including phenoxy) is 1. The van der Waals surface area contributed by atoms with Crippen LogP contribution in [-0.4, -0.2) is 53.1 Å². The number of fused-ring (bicyclic) bond motifs is 3.